The maximum absolute atomic E-state index is 12.9. The van der Waals surface area contributed by atoms with Gasteiger partial charge in [0, 0.05) is 25.7 Å². The van der Waals surface area contributed by atoms with Crippen molar-refractivity contribution in [2.24, 2.45) is 5.41 Å². The Morgan fingerprint density at radius 2 is 1.81 bits per heavy atom. The Bertz CT molecular complexity index is 1110. The van der Waals surface area contributed by atoms with Gasteiger partial charge < -0.3 is 29.2 Å². The third-order valence-electron chi connectivity index (χ3n) is 7.74. The summed E-state index contributed by atoms with van der Waals surface area (Å²) >= 11 is 0. The second-order valence-corrected chi connectivity index (χ2v) is 10.3. The molecule has 5 rings (SSSR count). The molecule has 37 heavy (non-hydrogen) atoms. The highest BCUT2D eigenvalue weighted by Crippen LogP contribution is 2.37. The number of para-hydroxylation sites is 1. The third-order valence-corrected chi connectivity index (χ3v) is 7.74. The molecule has 198 valence electrons. The number of amides is 2. The first-order valence-corrected chi connectivity index (χ1v) is 13.3. The van der Waals surface area contributed by atoms with Crippen LogP contribution in [0, 0.1) is 5.41 Å². The van der Waals surface area contributed by atoms with Crippen molar-refractivity contribution in [1.29, 1.82) is 0 Å². The van der Waals surface area contributed by atoms with Crippen LogP contribution >= 0.6 is 0 Å². The van der Waals surface area contributed by atoms with Crippen LogP contribution in [0.15, 0.2) is 42.5 Å². The molecule has 3 aliphatic rings. The molecule has 2 amide bonds. The Kier molecular flexibility index (Phi) is 7.72. The van der Waals surface area contributed by atoms with E-state index < -0.39 is 6.10 Å². The number of nitrogens with one attached hydrogen (secondary N) is 1. The van der Waals surface area contributed by atoms with E-state index in [4.69, 9.17) is 18.9 Å². The van der Waals surface area contributed by atoms with Crippen LogP contribution in [0.2, 0.25) is 0 Å². The van der Waals surface area contributed by atoms with E-state index in [1.807, 2.05) is 23.1 Å². The van der Waals surface area contributed by atoms with E-state index in [9.17, 15) is 9.59 Å². The average Bonchev–Trinajstić information content (AvgIpc) is 2.93. The van der Waals surface area contributed by atoms with E-state index in [1.54, 1.807) is 25.1 Å². The monoisotopic (exact) mass is 508 g/mol. The quantitative estimate of drug-likeness (QED) is 0.680. The van der Waals surface area contributed by atoms with Gasteiger partial charge in [-0.2, -0.15) is 0 Å². The zero-order valence-corrected chi connectivity index (χ0v) is 21.5. The Labute approximate surface area is 218 Å². The zero-order valence-electron chi connectivity index (χ0n) is 21.5. The SMILES string of the molecule is C[C@H]1Oc2ccccc2CCCCC2(CCN(C(=O)COc3ccc4c(c3)OCCO4)CC2)CNC1=O. The Morgan fingerprint density at radius 1 is 1.03 bits per heavy atom. The molecule has 1 saturated heterocycles. The molecule has 0 saturated carbocycles. The lowest BCUT2D eigenvalue weighted by Gasteiger charge is -2.42. The molecule has 0 aromatic heterocycles. The lowest BCUT2D eigenvalue weighted by molar-refractivity contribution is -0.136. The number of hydrogen-bond acceptors (Lipinski definition) is 6. The highest BCUT2D eigenvalue weighted by Gasteiger charge is 2.36. The number of likely N-dealkylation sites (tertiary alicyclic amines) is 1. The van der Waals surface area contributed by atoms with Crippen LogP contribution in [0.25, 0.3) is 0 Å². The first-order valence-electron chi connectivity index (χ1n) is 13.3. The van der Waals surface area contributed by atoms with E-state index in [-0.39, 0.29) is 23.8 Å². The third kappa shape index (κ3) is 6.12. The lowest BCUT2D eigenvalue weighted by Crippen LogP contribution is -2.50. The summed E-state index contributed by atoms with van der Waals surface area (Å²) in [4.78, 5) is 27.6. The van der Waals surface area contributed by atoms with Crippen molar-refractivity contribution in [3.63, 3.8) is 0 Å². The minimum absolute atomic E-state index is 0.0123. The van der Waals surface area contributed by atoms with Crippen molar-refractivity contribution in [1.82, 2.24) is 10.2 Å². The number of aryl methyl sites for hydroxylation is 1. The highest BCUT2D eigenvalue weighted by atomic mass is 16.6. The van der Waals surface area contributed by atoms with Crippen LogP contribution in [-0.4, -0.2) is 62.3 Å². The van der Waals surface area contributed by atoms with Crippen molar-refractivity contribution in [2.45, 2.75) is 51.6 Å². The van der Waals surface area contributed by atoms with Crippen LogP contribution in [0.5, 0.6) is 23.0 Å². The average molecular weight is 509 g/mol. The van der Waals surface area contributed by atoms with Gasteiger partial charge in [0.25, 0.3) is 11.8 Å². The van der Waals surface area contributed by atoms with E-state index in [1.165, 1.54) is 0 Å². The number of benzene rings is 2. The molecule has 3 aliphatic heterocycles. The van der Waals surface area contributed by atoms with Crippen LogP contribution in [0.3, 0.4) is 0 Å². The van der Waals surface area contributed by atoms with Crippen molar-refractivity contribution in [3.05, 3.63) is 48.0 Å². The molecule has 3 heterocycles. The number of rotatable bonds is 3. The van der Waals surface area contributed by atoms with Gasteiger partial charge >= 0.3 is 0 Å². The Morgan fingerprint density at radius 3 is 2.65 bits per heavy atom. The number of piperidine rings is 1. The maximum atomic E-state index is 12.9. The highest BCUT2D eigenvalue weighted by molar-refractivity contribution is 5.81. The van der Waals surface area contributed by atoms with Gasteiger partial charge in [-0.05, 0) is 68.2 Å². The summed E-state index contributed by atoms with van der Waals surface area (Å²) < 4.78 is 22.9. The number of fused-ring (bicyclic) bond motifs is 2. The summed E-state index contributed by atoms with van der Waals surface area (Å²) in [7, 11) is 0. The van der Waals surface area contributed by atoms with Gasteiger partial charge in [0.15, 0.2) is 24.2 Å². The first kappa shape index (κ1) is 25.2. The fraction of sp³-hybridized carbons (Fsp3) is 0.517. The molecular formula is C29H36N2O6. The van der Waals surface area contributed by atoms with Crippen molar-refractivity contribution in [2.75, 3.05) is 39.5 Å². The fourth-order valence-electron chi connectivity index (χ4n) is 5.40. The molecule has 2 aromatic carbocycles. The minimum Gasteiger partial charge on any atom is -0.486 e. The maximum Gasteiger partial charge on any atom is 0.260 e. The second kappa shape index (κ2) is 11.3. The van der Waals surface area contributed by atoms with Gasteiger partial charge in [0.05, 0.1) is 0 Å². The van der Waals surface area contributed by atoms with E-state index in [0.717, 1.165) is 49.8 Å². The van der Waals surface area contributed by atoms with Crippen LogP contribution in [0.1, 0.15) is 44.6 Å². The number of nitrogens with zero attached hydrogens (tertiary/aromatic N) is 1. The molecule has 1 atom stereocenters. The first-order chi connectivity index (χ1) is 18.0. The van der Waals surface area contributed by atoms with Gasteiger partial charge in [0.1, 0.15) is 24.7 Å². The fourth-order valence-corrected chi connectivity index (χ4v) is 5.40. The Hall–Kier alpha value is -3.42. The van der Waals surface area contributed by atoms with Crippen molar-refractivity contribution < 1.29 is 28.5 Å². The minimum atomic E-state index is -0.558. The normalized spacial score (nSPS) is 21.5. The summed E-state index contributed by atoms with van der Waals surface area (Å²) in [5.74, 6) is 2.60. The smallest absolute Gasteiger partial charge is 0.260 e. The number of hydrogen-bond donors (Lipinski definition) is 1. The molecule has 8 nitrogen and oxygen atoms in total. The lowest BCUT2D eigenvalue weighted by atomic mass is 9.74. The molecule has 2 aromatic rings. The van der Waals surface area contributed by atoms with Gasteiger partial charge in [-0.25, -0.2) is 0 Å². The molecule has 1 spiro atoms. The van der Waals surface area contributed by atoms with Gasteiger partial charge in [0.2, 0.25) is 0 Å². The summed E-state index contributed by atoms with van der Waals surface area (Å²) in [6.45, 7) is 4.75. The van der Waals surface area contributed by atoms with Crippen LogP contribution < -0.4 is 24.3 Å². The van der Waals surface area contributed by atoms with Gasteiger partial charge in [-0.1, -0.05) is 24.6 Å². The molecule has 1 N–H and O–H groups in total. The predicted molar refractivity (Wildman–Crippen MR) is 138 cm³/mol. The van der Waals surface area contributed by atoms with Crippen molar-refractivity contribution >= 4 is 11.8 Å². The van der Waals surface area contributed by atoms with Gasteiger partial charge in [-0.3, -0.25) is 9.59 Å². The van der Waals surface area contributed by atoms with E-state index >= 15 is 0 Å². The van der Waals surface area contributed by atoms with Crippen molar-refractivity contribution in [3.8, 4) is 23.0 Å². The summed E-state index contributed by atoms with van der Waals surface area (Å²) in [5.41, 5.74) is 1.14. The molecule has 8 heteroatoms. The van der Waals surface area contributed by atoms with E-state index in [2.05, 4.69) is 11.4 Å². The summed E-state index contributed by atoms with van der Waals surface area (Å²) in [6.07, 6.45) is 5.25. The van der Waals surface area contributed by atoms with Gasteiger partial charge in [-0.15, -0.1) is 0 Å². The largest absolute Gasteiger partial charge is 0.486 e. The number of carbonyl (C=O) groups excluding carboxylic acids is 2. The molecule has 0 radical (unpaired) electrons. The standard InChI is InChI=1S/C29H36N2O6/c1-21-28(33)30-20-29(11-5-4-7-22-6-2-3-8-24(22)37-21)12-14-31(15-13-29)27(32)19-36-23-9-10-25-26(18-23)35-17-16-34-25/h2-3,6,8-10,18,21H,4-5,7,11-17,19-20H2,1H3,(H,30,33)/t21-/m1/s1. The van der Waals surface area contributed by atoms with Crippen LogP contribution in [0.4, 0.5) is 0 Å². The molecule has 1 fully saturated rings. The topological polar surface area (TPSA) is 86.3 Å². The molecule has 0 bridgehead atoms. The molecule has 0 aliphatic carbocycles. The molecule has 0 unspecified atom stereocenters. The Balaban J connectivity index is 1.16. The number of carbonyl (C=O) groups is 2. The zero-order chi connectivity index (χ0) is 25.7. The van der Waals surface area contributed by atoms with E-state index in [0.29, 0.717) is 50.1 Å². The summed E-state index contributed by atoms with van der Waals surface area (Å²) in [6, 6.07) is 13.4. The molecular weight excluding hydrogens is 472 g/mol. The predicted octanol–water partition coefficient (Wildman–Crippen LogP) is 3.76. The second-order valence-electron chi connectivity index (χ2n) is 10.3. The number of ether oxygens (including phenoxy) is 4. The van der Waals surface area contributed by atoms with Crippen LogP contribution in [-0.2, 0) is 16.0 Å². The summed E-state index contributed by atoms with van der Waals surface area (Å²) in [5, 5.41) is 3.14.